The van der Waals surface area contributed by atoms with E-state index < -0.39 is 0 Å². The van der Waals surface area contributed by atoms with Crippen LogP contribution in [0.5, 0.6) is 0 Å². The van der Waals surface area contributed by atoms with E-state index in [1.54, 1.807) is 0 Å². The van der Waals surface area contributed by atoms with Crippen LogP contribution in [0.15, 0.2) is 12.3 Å². The molecule has 1 aliphatic rings. The third-order valence-corrected chi connectivity index (χ3v) is 1.49. The molecule has 0 aromatic carbocycles. The van der Waals surface area contributed by atoms with Crippen LogP contribution in [-0.2, 0) is 0 Å². The zero-order valence-electron chi connectivity index (χ0n) is 6.04. The highest BCUT2D eigenvalue weighted by Gasteiger charge is 1.99. The Morgan fingerprint density at radius 1 is 1.56 bits per heavy atom. The van der Waals surface area contributed by atoms with Gasteiger partial charge in [0.25, 0.3) is 0 Å². The van der Waals surface area contributed by atoms with E-state index in [1.807, 2.05) is 0 Å². The first kappa shape index (κ1) is 6.33. The minimum Gasteiger partial charge on any atom is -0.374 e. The molecule has 0 saturated carbocycles. The predicted octanol–water partition coefficient (Wildman–Crippen LogP) is 0.159. The SMILES string of the molecule is CN1C=CC=[N+](C)CC1. The zero-order chi connectivity index (χ0) is 6.69. The average Bonchev–Trinajstić information content (AvgIpc) is 1.97. The lowest BCUT2D eigenvalue weighted by atomic mass is 10.6. The molecule has 50 valence electrons. The number of likely N-dealkylation sites (N-methyl/N-ethyl adjacent to an activating group) is 2. The lowest BCUT2D eigenvalue weighted by molar-refractivity contribution is -0.490. The molecule has 0 aliphatic carbocycles. The molecule has 0 radical (unpaired) electrons. The molecule has 9 heavy (non-hydrogen) atoms. The normalized spacial score (nSPS) is 19.3. The van der Waals surface area contributed by atoms with E-state index in [2.05, 4.69) is 42.1 Å². The monoisotopic (exact) mass is 125 g/mol. The number of allylic oxidation sites excluding steroid dienone is 1. The summed E-state index contributed by atoms with van der Waals surface area (Å²) >= 11 is 0. The number of hydrogen-bond donors (Lipinski definition) is 0. The molecule has 0 amide bonds. The summed E-state index contributed by atoms with van der Waals surface area (Å²) in [6.07, 6.45) is 6.24. The van der Waals surface area contributed by atoms with Crippen LogP contribution in [0.3, 0.4) is 0 Å². The Labute approximate surface area is 56.1 Å². The maximum atomic E-state index is 2.18. The van der Waals surface area contributed by atoms with Crippen molar-refractivity contribution >= 4 is 6.21 Å². The largest absolute Gasteiger partial charge is 0.374 e. The molecule has 0 N–H and O–H groups in total. The van der Waals surface area contributed by atoms with Crippen LogP contribution in [0, 0.1) is 0 Å². The maximum absolute atomic E-state index is 2.18. The summed E-state index contributed by atoms with van der Waals surface area (Å²) in [5, 5.41) is 0. The predicted molar refractivity (Wildman–Crippen MR) is 38.9 cm³/mol. The molecule has 0 saturated heterocycles. The second kappa shape index (κ2) is 2.67. The van der Waals surface area contributed by atoms with Crippen molar-refractivity contribution in [2.75, 3.05) is 27.2 Å². The standard InChI is InChI=1S/C7H13N2/c1-8-4-3-5-9(2)7-6-8/h3-5H,6-7H2,1-2H3/q+1. The topological polar surface area (TPSA) is 6.25 Å². The van der Waals surface area contributed by atoms with Crippen LogP contribution in [-0.4, -0.2) is 42.9 Å². The van der Waals surface area contributed by atoms with Crippen molar-refractivity contribution in [3.8, 4) is 0 Å². The van der Waals surface area contributed by atoms with Crippen LogP contribution in [0.25, 0.3) is 0 Å². The Kier molecular flexibility index (Phi) is 1.88. The van der Waals surface area contributed by atoms with Gasteiger partial charge >= 0.3 is 0 Å². The van der Waals surface area contributed by atoms with Gasteiger partial charge in [-0.2, -0.15) is 0 Å². The van der Waals surface area contributed by atoms with E-state index in [4.69, 9.17) is 0 Å². The Morgan fingerprint density at radius 3 is 3.11 bits per heavy atom. The molecule has 1 heterocycles. The molecule has 0 bridgehead atoms. The van der Waals surface area contributed by atoms with Gasteiger partial charge in [-0.25, -0.2) is 4.58 Å². The summed E-state index contributed by atoms with van der Waals surface area (Å²) in [6.45, 7) is 2.23. The minimum atomic E-state index is 1.11. The van der Waals surface area contributed by atoms with E-state index >= 15 is 0 Å². The van der Waals surface area contributed by atoms with Gasteiger partial charge in [0.15, 0.2) is 12.8 Å². The van der Waals surface area contributed by atoms with Crippen molar-refractivity contribution < 1.29 is 4.58 Å². The highest BCUT2D eigenvalue weighted by Crippen LogP contribution is 1.86. The van der Waals surface area contributed by atoms with Gasteiger partial charge in [0.2, 0.25) is 0 Å². The first-order valence-corrected chi connectivity index (χ1v) is 3.21. The Balaban J connectivity index is 2.55. The van der Waals surface area contributed by atoms with Gasteiger partial charge in [-0.05, 0) is 0 Å². The van der Waals surface area contributed by atoms with Crippen molar-refractivity contribution in [2.45, 2.75) is 0 Å². The van der Waals surface area contributed by atoms with E-state index in [-0.39, 0.29) is 0 Å². The van der Waals surface area contributed by atoms with Crippen LogP contribution in [0.2, 0.25) is 0 Å². The van der Waals surface area contributed by atoms with Gasteiger partial charge in [-0.15, -0.1) is 0 Å². The smallest absolute Gasteiger partial charge is 0.164 e. The number of hydrogen-bond acceptors (Lipinski definition) is 1. The highest BCUT2D eigenvalue weighted by molar-refractivity contribution is 5.65. The van der Waals surface area contributed by atoms with Gasteiger partial charge in [0.05, 0.1) is 6.54 Å². The van der Waals surface area contributed by atoms with E-state index in [0.29, 0.717) is 0 Å². The first-order chi connectivity index (χ1) is 4.29. The number of nitrogens with zero attached hydrogens (tertiary/aromatic N) is 2. The summed E-state index contributed by atoms with van der Waals surface area (Å²) in [4.78, 5) is 2.18. The number of rotatable bonds is 0. The molecular formula is C7H13N2+. The van der Waals surface area contributed by atoms with Crippen LogP contribution in [0.4, 0.5) is 0 Å². The van der Waals surface area contributed by atoms with Crippen LogP contribution < -0.4 is 0 Å². The molecule has 0 atom stereocenters. The van der Waals surface area contributed by atoms with Gasteiger partial charge in [-0.1, -0.05) is 0 Å². The first-order valence-electron chi connectivity index (χ1n) is 3.21. The summed E-state index contributed by atoms with van der Waals surface area (Å²) in [6, 6.07) is 0. The maximum Gasteiger partial charge on any atom is 0.164 e. The quantitative estimate of drug-likeness (QED) is 0.418. The second-order valence-corrected chi connectivity index (χ2v) is 2.45. The van der Waals surface area contributed by atoms with Crippen molar-refractivity contribution in [1.29, 1.82) is 0 Å². The average molecular weight is 125 g/mol. The summed E-state index contributed by atoms with van der Waals surface area (Å²) in [7, 11) is 4.17. The fourth-order valence-electron chi connectivity index (χ4n) is 0.797. The summed E-state index contributed by atoms with van der Waals surface area (Å²) in [5.74, 6) is 0. The van der Waals surface area contributed by atoms with Gasteiger partial charge in [-0.3, -0.25) is 0 Å². The molecule has 1 rings (SSSR count). The van der Waals surface area contributed by atoms with E-state index in [1.165, 1.54) is 0 Å². The van der Waals surface area contributed by atoms with Crippen LogP contribution in [0.1, 0.15) is 0 Å². The minimum absolute atomic E-state index is 1.11. The fraction of sp³-hybridized carbons (Fsp3) is 0.571. The fourth-order valence-corrected chi connectivity index (χ4v) is 0.797. The lowest BCUT2D eigenvalue weighted by Gasteiger charge is -2.07. The van der Waals surface area contributed by atoms with E-state index in [9.17, 15) is 0 Å². The van der Waals surface area contributed by atoms with Gasteiger partial charge < -0.3 is 4.90 Å². The Bertz CT molecular complexity index is 147. The van der Waals surface area contributed by atoms with Crippen molar-refractivity contribution in [3.05, 3.63) is 12.3 Å². The summed E-state index contributed by atoms with van der Waals surface area (Å²) in [5.41, 5.74) is 0. The molecule has 2 nitrogen and oxygen atoms in total. The Hall–Kier alpha value is -0.790. The van der Waals surface area contributed by atoms with Crippen molar-refractivity contribution in [3.63, 3.8) is 0 Å². The third kappa shape index (κ3) is 1.88. The third-order valence-electron chi connectivity index (χ3n) is 1.49. The van der Waals surface area contributed by atoms with Gasteiger partial charge in [0.1, 0.15) is 7.05 Å². The molecule has 1 aliphatic heterocycles. The zero-order valence-corrected chi connectivity index (χ0v) is 6.04. The highest BCUT2D eigenvalue weighted by atomic mass is 15.1. The molecule has 0 unspecified atom stereocenters. The molecular weight excluding hydrogens is 112 g/mol. The van der Waals surface area contributed by atoms with Crippen molar-refractivity contribution in [1.82, 2.24) is 4.90 Å². The second-order valence-electron chi connectivity index (χ2n) is 2.45. The van der Waals surface area contributed by atoms with Gasteiger partial charge in [0, 0.05) is 19.3 Å². The lowest BCUT2D eigenvalue weighted by Crippen LogP contribution is -2.19. The van der Waals surface area contributed by atoms with Crippen LogP contribution >= 0.6 is 0 Å². The molecule has 0 fully saturated rings. The molecule has 2 heteroatoms. The Morgan fingerprint density at radius 2 is 2.33 bits per heavy atom. The molecule has 0 spiro atoms. The van der Waals surface area contributed by atoms with E-state index in [0.717, 1.165) is 13.1 Å². The van der Waals surface area contributed by atoms with Crippen molar-refractivity contribution in [2.24, 2.45) is 0 Å². The molecule has 0 aromatic rings. The molecule has 0 aromatic heterocycles. The summed E-state index contributed by atoms with van der Waals surface area (Å²) < 4.78 is 2.18.